The van der Waals surface area contributed by atoms with Gasteiger partial charge in [0.1, 0.15) is 0 Å². The number of likely N-dealkylation sites (tertiary alicyclic amines) is 1. The van der Waals surface area contributed by atoms with Crippen molar-refractivity contribution in [2.75, 3.05) is 11.9 Å². The SMILES string of the molecule is CCc1cc(CC2(C(=O)O)CCN(C(=O)O)[C@H](C)C2)nc(Nc2cc(C)n(C(C)(C)C)n2)c1F. The van der Waals surface area contributed by atoms with Gasteiger partial charge in [0.05, 0.1) is 11.0 Å². The van der Waals surface area contributed by atoms with Gasteiger partial charge in [0.15, 0.2) is 17.5 Å². The van der Waals surface area contributed by atoms with Crippen LogP contribution in [0.1, 0.15) is 64.4 Å². The molecule has 1 aliphatic rings. The number of hydrogen-bond donors (Lipinski definition) is 3. The van der Waals surface area contributed by atoms with Crippen LogP contribution in [0.4, 0.5) is 20.8 Å². The predicted octanol–water partition coefficient (Wildman–Crippen LogP) is 4.56. The normalized spacial score (nSPS) is 20.9. The third-order valence-corrected chi connectivity index (χ3v) is 6.50. The van der Waals surface area contributed by atoms with Gasteiger partial charge in [-0.3, -0.25) is 9.48 Å². The number of amides is 1. The standard InChI is InChI=1S/C24H34FN5O4/c1-7-16-11-17(13-24(21(31)32)8-9-29(22(33)34)15(3)12-24)26-20(19(16)25)27-18-10-14(2)30(28-18)23(4,5)6/h10-11,15H,7-9,12-13H2,1-6H3,(H,31,32)(H,33,34)(H,26,27,28)/t15-,24?/m1/s1. The number of aryl methyl sites for hydroxylation is 2. The Balaban J connectivity index is 1.95. The lowest BCUT2D eigenvalue weighted by Crippen LogP contribution is -2.51. The summed E-state index contributed by atoms with van der Waals surface area (Å²) in [6.45, 7) is 11.6. The molecular formula is C24H34FN5O4. The fourth-order valence-corrected chi connectivity index (χ4v) is 4.80. The van der Waals surface area contributed by atoms with E-state index in [2.05, 4.69) is 15.4 Å². The number of carbonyl (C=O) groups is 2. The lowest BCUT2D eigenvalue weighted by Gasteiger charge is -2.42. The molecule has 0 spiro atoms. The van der Waals surface area contributed by atoms with Gasteiger partial charge in [0.25, 0.3) is 0 Å². The van der Waals surface area contributed by atoms with E-state index in [4.69, 9.17) is 0 Å². The van der Waals surface area contributed by atoms with Gasteiger partial charge in [0, 0.05) is 36.5 Å². The van der Waals surface area contributed by atoms with Crippen LogP contribution in [0, 0.1) is 18.2 Å². The van der Waals surface area contributed by atoms with Crippen LogP contribution in [0.25, 0.3) is 0 Å². The van der Waals surface area contributed by atoms with Gasteiger partial charge in [0.2, 0.25) is 0 Å². The highest BCUT2D eigenvalue weighted by atomic mass is 19.1. The summed E-state index contributed by atoms with van der Waals surface area (Å²) < 4.78 is 17.0. The number of nitrogens with zero attached hydrogens (tertiary/aromatic N) is 4. The van der Waals surface area contributed by atoms with Crippen molar-refractivity contribution in [3.8, 4) is 0 Å². The molecule has 0 radical (unpaired) electrons. The Morgan fingerprint density at radius 3 is 2.47 bits per heavy atom. The summed E-state index contributed by atoms with van der Waals surface area (Å²) in [5.41, 5.74) is 0.360. The second kappa shape index (κ2) is 9.23. The number of aliphatic carboxylic acids is 1. The summed E-state index contributed by atoms with van der Waals surface area (Å²) in [5.74, 6) is -1.03. The average Bonchev–Trinajstić information content (AvgIpc) is 3.10. The van der Waals surface area contributed by atoms with Crippen LogP contribution in [-0.4, -0.2) is 54.5 Å². The van der Waals surface area contributed by atoms with Crippen LogP contribution in [-0.2, 0) is 23.2 Å². The predicted molar refractivity (Wildman–Crippen MR) is 126 cm³/mol. The monoisotopic (exact) mass is 475 g/mol. The molecule has 2 aromatic rings. The van der Waals surface area contributed by atoms with Crippen LogP contribution in [0.15, 0.2) is 12.1 Å². The lowest BCUT2D eigenvalue weighted by atomic mass is 9.72. The second-order valence-corrected chi connectivity index (χ2v) is 10.2. The van der Waals surface area contributed by atoms with E-state index in [-0.39, 0.29) is 37.2 Å². The highest BCUT2D eigenvalue weighted by Crippen LogP contribution is 2.39. The minimum Gasteiger partial charge on any atom is -0.481 e. The van der Waals surface area contributed by atoms with E-state index in [0.717, 1.165) is 5.69 Å². The fraction of sp³-hybridized carbons (Fsp3) is 0.583. The maximum atomic E-state index is 15.2. The van der Waals surface area contributed by atoms with E-state index in [0.29, 0.717) is 23.5 Å². The van der Waals surface area contributed by atoms with E-state index in [1.807, 2.05) is 45.4 Å². The summed E-state index contributed by atoms with van der Waals surface area (Å²) in [6, 6.07) is 2.97. The van der Waals surface area contributed by atoms with Gasteiger partial charge in [-0.25, -0.2) is 14.2 Å². The van der Waals surface area contributed by atoms with Crippen LogP contribution in [0.2, 0.25) is 0 Å². The highest BCUT2D eigenvalue weighted by molar-refractivity contribution is 5.76. The summed E-state index contributed by atoms with van der Waals surface area (Å²) in [4.78, 5) is 29.5. The topological polar surface area (TPSA) is 121 Å². The first-order chi connectivity index (χ1) is 15.8. The molecule has 2 atom stereocenters. The number of halogens is 1. The first-order valence-electron chi connectivity index (χ1n) is 11.5. The zero-order chi connectivity index (χ0) is 25.4. The molecule has 34 heavy (non-hydrogen) atoms. The molecule has 9 nitrogen and oxygen atoms in total. The largest absolute Gasteiger partial charge is 0.481 e. The van der Waals surface area contributed by atoms with Gasteiger partial charge in [-0.05, 0) is 65.5 Å². The number of rotatable bonds is 6. The van der Waals surface area contributed by atoms with Gasteiger partial charge in [-0.15, -0.1) is 0 Å². The average molecular weight is 476 g/mol. The van der Waals surface area contributed by atoms with Gasteiger partial charge >= 0.3 is 12.1 Å². The van der Waals surface area contributed by atoms with Crippen LogP contribution in [0.5, 0.6) is 0 Å². The number of pyridine rings is 1. The Bertz CT molecular complexity index is 1090. The molecule has 10 heteroatoms. The quantitative estimate of drug-likeness (QED) is 0.560. The molecule has 0 bridgehead atoms. The third-order valence-electron chi connectivity index (χ3n) is 6.50. The van der Waals surface area contributed by atoms with Crippen LogP contribution >= 0.6 is 0 Å². The molecule has 1 aliphatic heterocycles. The molecule has 3 heterocycles. The van der Waals surface area contributed by atoms with Crippen molar-refractivity contribution in [1.29, 1.82) is 0 Å². The Morgan fingerprint density at radius 2 is 1.97 bits per heavy atom. The van der Waals surface area contributed by atoms with Gasteiger partial charge in [-0.2, -0.15) is 5.10 Å². The first kappa shape index (κ1) is 25.5. The summed E-state index contributed by atoms with van der Waals surface area (Å²) in [7, 11) is 0. The molecule has 1 unspecified atom stereocenters. The molecule has 1 fully saturated rings. The minimum absolute atomic E-state index is 0.00414. The lowest BCUT2D eigenvalue weighted by molar-refractivity contribution is -0.153. The molecule has 3 rings (SSSR count). The van der Waals surface area contributed by atoms with E-state index in [9.17, 15) is 19.8 Å². The maximum Gasteiger partial charge on any atom is 0.407 e. The number of aromatic nitrogens is 3. The summed E-state index contributed by atoms with van der Waals surface area (Å²) in [6.07, 6.45) is -0.243. The molecular weight excluding hydrogens is 441 g/mol. The number of piperidine rings is 1. The molecule has 1 saturated heterocycles. The van der Waals surface area contributed by atoms with Crippen molar-refractivity contribution < 1.29 is 24.2 Å². The molecule has 2 aromatic heterocycles. The molecule has 0 aliphatic carbocycles. The molecule has 186 valence electrons. The Hall–Kier alpha value is -3.17. The maximum absolute atomic E-state index is 15.2. The number of hydrogen-bond acceptors (Lipinski definition) is 5. The van der Waals surface area contributed by atoms with Crippen LogP contribution in [0.3, 0.4) is 0 Å². The minimum atomic E-state index is -1.18. The van der Waals surface area contributed by atoms with Crippen molar-refractivity contribution in [2.45, 2.75) is 78.8 Å². The molecule has 0 saturated carbocycles. The van der Waals surface area contributed by atoms with E-state index in [1.165, 1.54) is 4.90 Å². The Morgan fingerprint density at radius 1 is 1.29 bits per heavy atom. The van der Waals surface area contributed by atoms with Crippen molar-refractivity contribution in [2.24, 2.45) is 5.41 Å². The third kappa shape index (κ3) is 5.00. The number of carboxylic acids is 1. The molecule has 3 N–H and O–H groups in total. The number of anilines is 2. The smallest absolute Gasteiger partial charge is 0.407 e. The fourth-order valence-electron chi connectivity index (χ4n) is 4.80. The van der Waals surface area contributed by atoms with E-state index < -0.39 is 29.3 Å². The highest BCUT2D eigenvalue weighted by Gasteiger charge is 2.46. The summed E-state index contributed by atoms with van der Waals surface area (Å²) >= 11 is 0. The van der Waals surface area contributed by atoms with Gasteiger partial charge in [-0.1, -0.05) is 6.92 Å². The van der Waals surface area contributed by atoms with Crippen LogP contribution < -0.4 is 5.32 Å². The van der Waals surface area contributed by atoms with E-state index >= 15 is 4.39 Å². The first-order valence-corrected chi connectivity index (χ1v) is 11.5. The number of nitrogens with one attached hydrogen (secondary N) is 1. The van der Waals surface area contributed by atoms with Crippen molar-refractivity contribution >= 4 is 23.7 Å². The zero-order valence-corrected chi connectivity index (χ0v) is 20.6. The van der Waals surface area contributed by atoms with Crippen molar-refractivity contribution in [3.63, 3.8) is 0 Å². The van der Waals surface area contributed by atoms with Gasteiger partial charge < -0.3 is 20.4 Å². The Labute approximate surface area is 199 Å². The second-order valence-electron chi connectivity index (χ2n) is 10.2. The summed E-state index contributed by atoms with van der Waals surface area (Å²) in [5, 5.41) is 27.0. The van der Waals surface area contributed by atoms with E-state index in [1.54, 1.807) is 13.0 Å². The zero-order valence-electron chi connectivity index (χ0n) is 20.6. The van der Waals surface area contributed by atoms with Crippen molar-refractivity contribution in [1.82, 2.24) is 19.7 Å². The molecule has 1 amide bonds. The molecule has 0 aromatic carbocycles. The van der Waals surface area contributed by atoms with Crippen molar-refractivity contribution in [3.05, 3.63) is 34.9 Å². The Kier molecular flexibility index (Phi) is 6.91. The number of carboxylic acid groups (broad SMARTS) is 2.